The third-order valence-electron chi connectivity index (χ3n) is 3.53. The largest absolute Gasteiger partial charge is 0.368 e. The molecule has 0 aliphatic carbocycles. The van der Waals surface area contributed by atoms with E-state index in [9.17, 15) is 4.79 Å². The zero-order valence-corrected chi connectivity index (χ0v) is 12.1. The molecule has 0 bridgehead atoms. The summed E-state index contributed by atoms with van der Waals surface area (Å²) in [5, 5.41) is 3.36. The van der Waals surface area contributed by atoms with Crippen molar-refractivity contribution in [1.82, 2.24) is 10.2 Å². The first kappa shape index (κ1) is 15.2. The van der Waals surface area contributed by atoms with E-state index in [4.69, 9.17) is 5.73 Å². The molecule has 1 fully saturated rings. The smallest absolute Gasteiger partial charge is 0.237 e. The minimum atomic E-state index is -0.604. The molecule has 1 heterocycles. The summed E-state index contributed by atoms with van der Waals surface area (Å²) in [6.07, 6.45) is 4.42. The van der Waals surface area contributed by atoms with Crippen molar-refractivity contribution in [3.8, 4) is 0 Å². The van der Waals surface area contributed by atoms with E-state index in [1.54, 1.807) is 0 Å². The van der Waals surface area contributed by atoms with Crippen LogP contribution < -0.4 is 11.1 Å². The van der Waals surface area contributed by atoms with E-state index < -0.39 is 5.54 Å². The van der Waals surface area contributed by atoms with Crippen molar-refractivity contribution in [1.29, 1.82) is 0 Å². The lowest BCUT2D eigenvalue weighted by atomic mass is 9.98. The number of primary amides is 1. The van der Waals surface area contributed by atoms with Gasteiger partial charge in [-0.3, -0.25) is 9.69 Å². The summed E-state index contributed by atoms with van der Waals surface area (Å²) >= 11 is 0. The normalized spacial score (nSPS) is 18.7. The second-order valence-corrected chi connectivity index (χ2v) is 5.99. The van der Waals surface area contributed by atoms with Gasteiger partial charge in [0.25, 0.3) is 0 Å². The molecule has 1 rings (SSSR count). The maximum Gasteiger partial charge on any atom is 0.237 e. The molecule has 0 aromatic rings. The molecule has 0 aromatic heterocycles. The fraction of sp³-hybridized carbons (Fsp3) is 0.786. The molecule has 4 nitrogen and oxygen atoms in total. The van der Waals surface area contributed by atoms with Crippen LogP contribution in [0.2, 0.25) is 0 Å². The Morgan fingerprint density at radius 2 is 1.94 bits per heavy atom. The summed E-state index contributed by atoms with van der Waals surface area (Å²) < 4.78 is 0. The highest BCUT2D eigenvalue weighted by atomic mass is 16.1. The third kappa shape index (κ3) is 4.78. The average Bonchev–Trinajstić information content (AvgIpc) is 2.27. The molecule has 0 saturated carbocycles. The molecular weight excluding hydrogens is 226 g/mol. The summed E-state index contributed by atoms with van der Waals surface area (Å²) in [5.74, 6) is -0.283. The number of nitrogens with two attached hydrogens (primary N) is 1. The van der Waals surface area contributed by atoms with Crippen LogP contribution in [0.1, 0.15) is 40.5 Å². The van der Waals surface area contributed by atoms with Crippen LogP contribution in [-0.4, -0.2) is 42.0 Å². The predicted molar refractivity (Wildman–Crippen MR) is 75.3 cm³/mol. The number of hydrogen-bond acceptors (Lipinski definition) is 3. The fourth-order valence-corrected chi connectivity index (χ4v) is 2.15. The highest BCUT2D eigenvalue weighted by Gasteiger charge is 2.29. The van der Waals surface area contributed by atoms with E-state index in [2.05, 4.69) is 30.1 Å². The molecule has 3 N–H and O–H groups in total. The molecule has 0 spiro atoms. The van der Waals surface area contributed by atoms with Gasteiger partial charge in [0.1, 0.15) is 0 Å². The Kier molecular flexibility index (Phi) is 5.35. The SMILES string of the molecule is CC(C)=CCN1CCC(NC(C)(C)C(N)=O)CC1. The Morgan fingerprint density at radius 3 is 2.39 bits per heavy atom. The van der Waals surface area contributed by atoms with Crippen molar-refractivity contribution >= 4 is 5.91 Å². The van der Waals surface area contributed by atoms with Crippen molar-refractivity contribution in [3.63, 3.8) is 0 Å². The molecule has 0 unspecified atom stereocenters. The van der Waals surface area contributed by atoms with Gasteiger partial charge in [-0.05, 0) is 53.6 Å². The zero-order chi connectivity index (χ0) is 13.8. The van der Waals surface area contributed by atoms with Gasteiger partial charge in [0, 0.05) is 12.6 Å². The third-order valence-corrected chi connectivity index (χ3v) is 3.53. The zero-order valence-electron chi connectivity index (χ0n) is 12.1. The highest BCUT2D eigenvalue weighted by Crippen LogP contribution is 2.14. The standard InChI is InChI=1S/C14H27N3O/c1-11(2)5-8-17-9-6-12(7-10-17)16-14(3,4)13(15)18/h5,12,16H,6-10H2,1-4H3,(H2,15,18). The lowest BCUT2D eigenvalue weighted by Crippen LogP contribution is -2.56. The van der Waals surface area contributed by atoms with Gasteiger partial charge in [-0.2, -0.15) is 0 Å². The number of amides is 1. The van der Waals surface area contributed by atoms with E-state index in [0.29, 0.717) is 6.04 Å². The molecule has 1 amide bonds. The monoisotopic (exact) mass is 253 g/mol. The quantitative estimate of drug-likeness (QED) is 0.725. The minimum Gasteiger partial charge on any atom is -0.368 e. The van der Waals surface area contributed by atoms with Crippen molar-refractivity contribution in [2.75, 3.05) is 19.6 Å². The number of carbonyl (C=O) groups excluding carboxylic acids is 1. The Bertz CT molecular complexity index is 311. The van der Waals surface area contributed by atoms with E-state index >= 15 is 0 Å². The first-order valence-electron chi connectivity index (χ1n) is 6.74. The van der Waals surface area contributed by atoms with Crippen LogP contribution in [0.25, 0.3) is 0 Å². The minimum absolute atomic E-state index is 0.283. The topological polar surface area (TPSA) is 58.4 Å². The highest BCUT2D eigenvalue weighted by molar-refractivity contribution is 5.83. The van der Waals surface area contributed by atoms with Gasteiger partial charge in [-0.15, -0.1) is 0 Å². The maximum atomic E-state index is 11.3. The number of piperidine rings is 1. The van der Waals surface area contributed by atoms with Gasteiger partial charge >= 0.3 is 0 Å². The number of carbonyl (C=O) groups is 1. The lowest BCUT2D eigenvalue weighted by Gasteiger charge is -2.36. The molecular formula is C14H27N3O. The van der Waals surface area contributed by atoms with Gasteiger partial charge < -0.3 is 11.1 Å². The van der Waals surface area contributed by atoms with Gasteiger partial charge in [-0.1, -0.05) is 11.6 Å². The summed E-state index contributed by atoms with van der Waals surface area (Å²) in [6, 6.07) is 0.399. The van der Waals surface area contributed by atoms with Crippen molar-refractivity contribution in [2.45, 2.75) is 52.1 Å². The number of hydrogen-bond donors (Lipinski definition) is 2. The Balaban J connectivity index is 2.36. The van der Waals surface area contributed by atoms with E-state index in [-0.39, 0.29) is 5.91 Å². The number of likely N-dealkylation sites (tertiary alicyclic amines) is 1. The van der Waals surface area contributed by atoms with Crippen LogP contribution in [0.15, 0.2) is 11.6 Å². The second-order valence-electron chi connectivity index (χ2n) is 5.99. The molecule has 1 aliphatic heterocycles. The van der Waals surface area contributed by atoms with E-state index in [0.717, 1.165) is 32.5 Å². The second kappa shape index (κ2) is 6.34. The summed E-state index contributed by atoms with van der Waals surface area (Å²) in [4.78, 5) is 13.7. The first-order valence-corrected chi connectivity index (χ1v) is 6.74. The average molecular weight is 253 g/mol. The lowest BCUT2D eigenvalue weighted by molar-refractivity contribution is -0.123. The molecule has 104 valence electrons. The summed E-state index contributed by atoms with van der Waals surface area (Å²) in [7, 11) is 0. The van der Waals surface area contributed by atoms with Crippen LogP contribution in [0.5, 0.6) is 0 Å². The van der Waals surface area contributed by atoms with Crippen LogP contribution in [-0.2, 0) is 4.79 Å². The van der Waals surface area contributed by atoms with Gasteiger partial charge in [-0.25, -0.2) is 0 Å². The predicted octanol–water partition coefficient (Wildman–Crippen LogP) is 1.27. The van der Waals surface area contributed by atoms with E-state index in [1.807, 2.05) is 13.8 Å². The molecule has 0 radical (unpaired) electrons. The molecule has 18 heavy (non-hydrogen) atoms. The van der Waals surface area contributed by atoms with Crippen molar-refractivity contribution in [3.05, 3.63) is 11.6 Å². The summed E-state index contributed by atoms with van der Waals surface area (Å²) in [6.45, 7) is 11.2. The van der Waals surface area contributed by atoms with Crippen LogP contribution >= 0.6 is 0 Å². The number of nitrogens with one attached hydrogen (secondary N) is 1. The molecule has 1 aliphatic rings. The van der Waals surface area contributed by atoms with Crippen molar-refractivity contribution in [2.24, 2.45) is 5.73 Å². The molecule has 1 saturated heterocycles. The molecule has 0 atom stereocenters. The number of rotatable bonds is 5. The Hall–Kier alpha value is -0.870. The number of nitrogens with zero attached hydrogens (tertiary/aromatic N) is 1. The maximum absolute atomic E-state index is 11.3. The van der Waals surface area contributed by atoms with Crippen LogP contribution in [0.4, 0.5) is 0 Å². The fourth-order valence-electron chi connectivity index (χ4n) is 2.15. The molecule has 4 heteroatoms. The van der Waals surface area contributed by atoms with Gasteiger partial charge in [0.2, 0.25) is 5.91 Å². The Morgan fingerprint density at radius 1 is 1.39 bits per heavy atom. The Labute approximate surface area is 111 Å². The van der Waals surface area contributed by atoms with Crippen molar-refractivity contribution < 1.29 is 4.79 Å². The number of allylic oxidation sites excluding steroid dienone is 1. The summed E-state index contributed by atoms with van der Waals surface area (Å²) in [5.41, 5.74) is 6.14. The first-order chi connectivity index (χ1) is 8.31. The molecule has 0 aromatic carbocycles. The van der Waals surface area contributed by atoms with Crippen LogP contribution in [0, 0.1) is 0 Å². The van der Waals surface area contributed by atoms with Gasteiger partial charge in [0.05, 0.1) is 5.54 Å². The van der Waals surface area contributed by atoms with E-state index in [1.165, 1.54) is 5.57 Å². The van der Waals surface area contributed by atoms with Gasteiger partial charge in [0.15, 0.2) is 0 Å². The van der Waals surface area contributed by atoms with Crippen LogP contribution in [0.3, 0.4) is 0 Å².